The topological polar surface area (TPSA) is 20.2 Å². The predicted octanol–water partition coefficient (Wildman–Crippen LogP) is 5.11. The first-order valence-corrected chi connectivity index (χ1v) is 9.62. The van der Waals surface area contributed by atoms with Crippen molar-refractivity contribution in [1.29, 1.82) is 0 Å². The minimum atomic E-state index is -0.173. The standard InChI is InChI=1S/C21H32O/c1-4-14-5-7-18-17-8-6-15-12-16(22)9-10-21(15,3)19(17)11-13(2)20(14)18/h5,12-13,16-20,22H,4,6-11H2,1-3H3/t13-,16+,17?,18?,19?,20?,21+/m1/s1. The van der Waals surface area contributed by atoms with Crippen molar-refractivity contribution in [1.82, 2.24) is 0 Å². The van der Waals surface area contributed by atoms with Gasteiger partial charge in [0, 0.05) is 0 Å². The zero-order valence-electron chi connectivity index (χ0n) is 14.5. The molecule has 4 unspecified atom stereocenters. The van der Waals surface area contributed by atoms with Gasteiger partial charge in [-0.1, -0.05) is 44.1 Å². The van der Waals surface area contributed by atoms with Crippen LogP contribution in [0.15, 0.2) is 23.3 Å². The van der Waals surface area contributed by atoms with Gasteiger partial charge in [0.1, 0.15) is 0 Å². The number of rotatable bonds is 1. The van der Waals surface area contributed by atoms with Crippen molar-refractivity contribution >= 4 is 0 Å². The van der Waals surface area contributed by atoms with Gasteiger partial charge in [-0.15, -0.1) is 0 Å². The Bertz CT molecular complexity index is 516. The zero-order valence-corrected chi connectivity index (χ0v) is 14.5. The highest BCUT2D eigenvalue weighted by molar-refractivity contribution is 5.27. The van der Waals surface area contributed by atoms with Crippen LogP contribution in [-0.2, 0) is 0 Å². The smallest absolute Gasteiger partial charge is 0.0724 e. The van der Waals surface area contributed by atoms with Crippen molar-refractivity contribution in [3.05, 3.63) is 23.3 Å². The fourth-order valence-corrected chi connectivity index (χ4v) is 6.85. The molecule has 4 rings (SSSR count). The highest BCUT2D eigenvalue weighted by Crippen LogP contribution is 2.63. The van der Waals surface area contributed by atoms with Gasteiger partial charge >= 0.3 is 0 Å². The first kappa shape index (κ1) is 15.0. The first-order chi connectivity index (χ1) is 10.5. The summed E-state index contributed by atoms with van der Waals surface area (Å²) in [5, 5.41) is 10.0. The van der Waals surface area contributed by atoms with Crippen LogP contribution in [0.1, 0.15) is 65.7 Å². The van der Waals surface area contributed by atoms with Crippen LogP contribution in [0, 0.1) is 35.0 Å². The average Bonchev–Trinajstić information content (AvgIpc) is 2.94. The van der Waals surface area contributed by atoms with Gasteiger partial charge in [-0.3, -0.25) is 0 Å². The van der Waals surface area contributed by atoms with Crippen molar-refractivity contribution in [2.45, 2.75) is 71.8 Å². The van der Waals surface area contributed by atoms with Crippen molar-refractivity contribution in [3.8, 4) is 0 Å². The molecule has 4 aliphatic carbocycles. The normalized spacial score (nSPS) is 50.5. The van der Waals surface area contributed by atoms with Gasteiger partial charge in [-0.05, 0) is 80.0 Å². The lowest BCUT2D eigenvalue weighted by molar-refractivity contribution is -0.0275. The molecule has 4 aliphatic rings. The molecular formula is C21H32O. The monoisotopic (exact) mass is 300 g/mol. The second-order valence-electron chi connectivity index (χ2n) is 8.80. The summed E-state index contributed by atoms with van der Waals surface area (Å²) in [6.45, 7) is 7.39. The van der Waals surface area contributed by atoms with Crippen LogP contribution in [0.25, 0.3) is 0 Å². The molecule has 0 bridgehead atoms. The quantitative estimate of drug-likeness (QED) is 0.667. The Hall–Kier alpha value is -0.560. The van der Waals surface area contributed by atoms with Gasteiger partial charge in [0.05, 0.1) is 6.10 Å². The van der Waals surface area contributed by atoms with E-state index in [2.05, 4.69) is 32.9 Å². The van der Waals surface area contributed by atoms with E-state index in [0.29, 0.717) is 5.41 Å². The van der Waals surface area contributed by atoms with Crippen LogP contribution < -0.4 is 0 Å². The molecule has 0 aromatic rings. The van der Waals surface area contributed by atoms with E-state index in [9.17, 15) is 5.11 Å². The molecule has 2 fully saturated rings. The second kappa shape index (κ2) is 5.23. The lowest BCUT2D eigenvalue weighted by atomic mass is 9.48. The highest BCUT2D eigenvalue weighted by atomic mass is 16.3. The van der Waals surface area contributed by atoms with E-state index in [4.69, 9.17) is 0 Å². The number of hydrogen-bond donors (Lipinski definition) is 1. The maximum absolute atomic E-state index is 10.0. The number of allylic oxidation sites excluding steroid dienone is 3. The summed E-state index contributed by atoms with van der Waals surface area (Å²) in [6, 6.07) is 0. The Kier molecular flexibility index (Phi) is 3.56. The van der Waals surface area contributed by atoms with Gasteiger partial charge < -0.3 is 5.11 Å². The van der Waals surface area contributed by atoms with E-state index in [0.717, 1.165) is 36.0 Å². The van der Waals surface area contributed by atoms with Gasteiger partial charge in [0.25, 0.3) is 0 Å². The van der Waals surface area contributed by atoms with Crippen LogP contribution >= 0.6 is 0 Å². The van der Waals surface area contributed by atoms with Gasteiger partial charge in [0.2, 0.25) is 0 Å². The van der Waals surface area contributed by atoms with Crippen molar-refractivity contribution in [2.75, 3.05) is 0 Å². The van der Waals surface area contributed by atoms with E-state index >= 15 is 0 Å². The molecule has 0 aliphatic heterocycles. The van der Waals surface area contributed by atoms with E-state index in [1.165, 1.54) is 38.5 Å². The van der Waals surface area contributed by atoms with Crippen LogP contribution in [0.5, 0.6) is 0 Å². The van der Waals surface area contributed by atoms with Crippen molar-refractivity contribution in [3.63, 3.8) is 0 Å². The average molecular weight is 300 g/mol. The fourth-order valence-electron chi connectivity index (χ4n) is 6.85. The maximum atomic E-state index is 10.0. The molecule has 7 atom stereocenters. The number of hydrogen-bond acceptors (Lipinski definition) is 1. The van der Waals surface area contributed by atoms with Gasteiger partial charge in [0.15, 0.2) is 0 Å². The number of fused-ring (bicyclic) bond motifs is 5. The van der Waals surface area contributed by atoms with Crippen LogP contribution in [0.3, 0.4) is 0 Å². The molecule has 0 heterocycles. The van der Waals surface area contributed by atoms with Crippen molar-refractivity contribution in [2.24, 2.45) is 35.0 Å². The molecule has 0 radical (unpaired) electrons. The molecule has 0 aromatic carbocycles. The molecule has 1 N–H and O–H groups in total. The Balaban J connectivity index is 1.66. The fraction of sp³-hybridized carbons (Fsp3) is 0.810. The molecular weight excluding hydrogens is 268 g/mol. The molecule has 2 saturated carbocycles. The molecule has 22 heavy (non-hydrogen) atoms. The Morgan fingerprint density at radius 1 is 1.27 bits per heavy atom. The van der Waals surface area contributed by atoms with Crippen LogP contribution in [0.4, 0.5) is 0 Å². The summed E-state index contributed by atoms with van der Waals surface area (Å²) >= 11 is 0. The Morgan fingerprint density at radius 2 is 2.09 bits per heavy atom. The minimum Gasteiger partial charge on any atom is -0.389 e. The summed E-state index contributed by atoms with van der Waals surface area (Å²) in [4.78, 5) is 0. The lowest BCUT2D eigenvalue weighted by Crippen LogP contribution is -2.49. The predicted molar refractivity (Wildman–Crippen MR) is 91.4 cm³/mol. The molecule has 0 spiro atoms. The first-order valence-electron chi connectivity index (χ1n) is 9.62. The molecule has 0 saturated heterocycles. The summed E-state index contributed by atoms with van der Waals surface area (Å²) < 4.78 is 0. The minimum absolute atomic E-state index is 0.173. The summed E-state index contributed by atoms with van der Waals surface area (Å²) in [7, 11) is 0. The molecule has 1 heteroatoms. The summed E-state index contributed by atoms with van der Waals surface area (Å²) in [5.41, 5.74) is 3.75. The molecule has 0 amide bonds. The summed E-state index contributed by atoms with van der Waals surface area (Å²) in [6.07, 6.45) is 13.5. The zero-order chi connectivity index (χ0) is 15.5. The highest BCUT2D eigenvalue weighted by Gasteiger charge is 2.54. The van der Waals surface area contributed by atoms with E-state index in [1.807, 2.05) is 0 Å². The van der Waals surface area contributed by atoms with Gasteiger partial charge in [-0.2, -0.15) is 0 Å². The van der Waals surface area contributed by atoms with E-state index in [1.54, 1.807) is 11.1 Å². The molecule has 122 valence electrons. The van der Waals surface area contributed by atoms with Crippen LogP contribution in [0.2, 0.25) is 0 Å². The molecule has 0 aromatic heterocycles. The maximum Gasteiger partial charge on any atom is 0.0724 e. The number of aliphatic hydroxyl groups is 1. The SMILES string of the molecule is CCC1=CCC2C3CCC4=C[C@@H](O)CC[C@]4(C)C3C[C@@H](C)C12. The number of aliphatic hydroxyl groups excluding tert-OH is 1. The Labute approximate surface area is 135 Å². The van der Waals surface area contributed by atoms with Crippen molar-refractivity contribution < 1.29 is 5.11 Å². The third-order valence-corrected chi connectivity index (χ3v) is 7.91. The summed E-state index contributed by atoms with van der Waals surface area (Å²) in [5.74, 6) is 4.45. The lowest BCUT2D eigenvalue weighted by Gasteiger charge is -2.57. The van der Waals surface area contributed by atoms with Gasteiger partial charge in [-0.25, -0.2) is 0 Å². The third-order valence-electron chi connectivity index (χ3n) is 7.91. The Morgan fingerprint density at radius 3 is 2.86 bits per heavy atom. The second-order valence-corrected chi connectivity index (χ2v) is 8.80. The van der Waals surface area contributed by atoms with Crippen LogP contribution in [-0.4, -0.2) is 11.2 Å². The largest absolute Gasteiger partial charge is 0.389 e. The molecule has 1 nitrogen and oxygen atoms in total. The third kappa shape index (κ3) is 2.00. The van der Waals surface area contributed by atoms with E-state index in [-0.39, 0.29) is 6.10 Å². The van der Waals surface area contributed by atoms with E-state index < -0.39 is 0 Å².